The number of hydrogen-bond donors (Lipinski definition) is 1. The molecule has 0 saturated heterocycles. The molecule has 0 atom stereocenters. The summed E-state index contributed by atoms with van der Waals surface area (Å²) in [6.07, 6.45) is 0. The lowest BCUT2D eigenvalue weighted by atomic mass is 10.1. The Labute approximate surface area is 95.5 Å². The fourth-order valence-corrected chi connectivity index (χ4v) is 2.20. The summed E-state index contributed by atoms with van der Waals surface area (Å²) in [6.45, 7) is 3.42. The fourth-order valence-electron chi connectivity index (χ4n) is 1.37. The maximum atomic E-state index is 11.5. The highest BCUT2D eigenvalue weighted by Crippen LogP contribution is 2.10. The van der Waals surface area contributed by atoms with Crippen molar-refractivity contribution in [2.45, 2.75) is 13.8 Å². The molecule has 4 nitrogen and oxygen atoms in total. The van der Waals surface area contributed by atoms with Crippen LogP contribution < -0.4 is 0 Å². The zero-order valence-electron chi connectivity index (χ0n) is 9.34. The van der Waals surface area contributed by atoms with E-state index in [9.17, 15) is 8.42 Å². The van der Waals surface area contributed by atoms with E-state index in [4.69, 9.17) is 5.21 Å². The van der Waals surface area contributed by atoms with E-state index in [1.807, 2.05) is 19.1 Å². The van der Waals surface area contributed by atoms with E-state index in [0.717, 1.165) is 5.56 Å². The molecule has 0 amide bonds. The minimum Gasteiger partial charge on any atom is -0.411 e. The summed E-state index contributed by atoms with van der Waals surface area (Å²) in [5, 5.41) is 12.0. The second kappa shape index (κ2) is 5.12. The van der Waals surface area contributed by atoms with Crippen molar-refractivity contribution in [2.24, 2.45) is 5.16 Å². The molecule has 0 aromatic heterocycles. The molecule has 1 N–H and O–H groups in total. The number of hydrogen-bond acceptors (Lipinski definition) is 4. The van der Waals surface area contributed by atoms with Crippen LogP contribution in [0.3, 0.4) is 0 Å². The van der Waals surface area contributed by atoms with Crippen LogP contribution >= 0.6 is 0 Å². The molecule has 16 heavy (non-hydrogen) atoms. The summed E-state index contributed by atoms with van der Waals surface area (Å²) in [5.74, 6) is -0.192. The molecule has 0 aliphatic heterocycles. The maximum Gasteiger partial charge on any atom is 0.155 e. The third-order valence-corrected chi connectivity index (χ3v) is 3.97. The molecular weight excluding hydrogens is 226 g/mol. The lowest BCUT2D eigenvalue weighted by molar-refractivity contribution is 0.319. The zero-order chi connectivity index (χ0) is 12.2. The van der Waals surface area contributed by atoms with E-state index in [1.54, 1.807) is 19.1 Å². The highest BCUT2D eigenvalue weighted by molar-refractivity contribution is 7.92. The average Bonchev–Trinajstić information content (AvgIpc) is 2.27. The molecule has 1 rings (SSSR count). The van der Waals surface area contributed by atoms with Crippen molar-refractivity contribution in [2.75, 3.05) is 11.5 Å². The Balaban J connectivity index is 3.07. The van der Waals surface area contributed by atoms with Crippen LogP contribution in [0, 0.1) is 6.92 Å². The topological polar surface area (TPSA) is 66.7 Å². The van der Waals surface area contributed by atoms with Crippen molar-refractivity contribution >= 4 is 15.5 Å². The maximum absolute atomic E-state index is 11.5. The number of nitrogens with zero attached hydrogens (tertiary/aromatic N) is 1. The van der Waals surface area contributed by atoms with Crippen LogP contribution in [0.25, 0.3) is 0 Å². The van der Waals surface area contributed by atoms with Crippen molar-refractivity contribution < 1.29 is 13.6 Å². The van der Waals surface area contributed by atoms with E-state index < -0.39 is 9.84 Å². The Morgan fingerprint density at radius 1 is 1.38 bits per heavy atom. The quantitative estimate of drug-likeness (QED) is 0.494. The smallest absolute Gasteiger partial charge is 0.155 e. The van der Waals surface area contributed by atoms with E-state index in [2.05, 4.69) is 5.16 Å². The number of rotatable bonds is 4. The molecule has 0 spiro atoms. The summed E-state index contributed by atoms with van der Waals surface area (Å²) >= 11 is 0. The molecule has 0 heterocycles. The Morgan fingerprint density at radius 2 is 2.00 bits per heavy atom. The summed E-state index contributed by atoms with van der Waals surface area (Å²) in [4.78, 5) is 0. The van der Waals surface area contributed by atoms with Gasteiger partial charge in [-0.1, -0.05) is 36.3 Å². The lowest BCUT2D eigenvalue weighted by Gasteiger charge is -2.07. The van der Waals surface area contributed by atoms with Gasteiger partial charge in [0.05, 0.1) is 5.75 Å². The third-order valence-electron chi connectivity index (χ3n) is 2.37. The molecule has 1 aromatic carbocycles. The van der Waals surface area contributed by atoms with Gasteiger partial charge in [0.2, 0.25) is 0 Å². The SMILES string of the molecule is CCS(=O)(=O)C/C(=N/O)c1ccccc1C. The van der Waals surface area contributed by atoms with Gasteiger partial charge in [0.15, 0.2) is 9.84 Å². The standard InChI is InChI=1S/C11H15NO3S/c1-3-16(14,15)8-11(12-13)10-7-5-4-6-9(10)2/h4-7,13H,3,8H2,1-2H3/b12-11-. The molecule has 1 aromatic rings. The van der Waals surface area contributed by atoms with E-state index in [1.165, 1.54) is 0 Å². The van der Waals surface area contributed by atoms with Crippen molar-refractivity contribution in [3.05, 3.63) is 35.4 Å². The van der Waals surface area contributed by atoms with Gasteiger partial charge in [-0.2, -0.15) is 0 Å². The fraction of sp³-hybridized carbons (Fsp3) is 0.364. The van der Waals surface area contributed by atoms with Crippen LogP contribution in [0.1, 0.15) is 18.1 Å². The molecule has 0 aliphatic rings. The molecule has 88 valence electrons. The van der Waals surface area contributed by atoms with Crippen molar-refractivity contribution in [1.82, 2.24) is 0 Å². The zero-order valence-corrected chi connectivity index (χ0v) is 10.2. The van der Waals surface area contributed by atoms with Crippen LogP contribution in [0.15, 0.2) is 29.4 Å². The summed E-state index contributed by atoms with van der Waals surface area (Å²) in [5.41, 5.74) is 1.75. The lowest BCUT2D eigenvalue weighted by Crippen LogP contribution is -2.19. The van der Waals surface area contributed by atoms with Gasteiger partial charge in [0, 0.05) is 11.3 Å². The first-order valence-corrected chi connectivity index (χ1v) is 6.79. The predicted molar refractivity (Wildman–Crippen MR) is 63.8 cm³/mol. The van der Waals surface area contributed by atoms with Gasteiger partial charge in [-0.3, -0.25) is 0 Å². The second-order valence-electron chi connectivity index (χ2n) is 3.54. The Hall–Kier alpha value is -1.36. The number of benzene rings is 1. The predicted octanol–water partition coefficient (Wildman–Crippen LogP) is 1.61. The van der Waals surface area contributed by atoms with Crippen LogP contribution in [-0.2, 0) is 9.84 Å². The molecule has 5 heteroatoms. The number of sulfone groups is 1. The van der Waals surface area contributed by atoms with Crippen LogP contribution in [0.5, 0.6) is 0 Å². The third kappa shape index (κ3) is 3.06. The first-order chi connectivity index (χ1) is 7.50. The molecular formula is C11H15NO3S. The molecule has 0 bridgehead atoms. The molecule has 0 unspecified atom stereocenters. The largest absolute Gasteiger partial charge is 0.411 e. The van der Waals surface area contributed by atoms with Gasteiger partial charge >= 0.3 is 0 Å². The van der Waals surface area contributed by atoms with Crippen LogP contribution in [-0.4, -0.2) is 30.8 Å². The monoisotopic (exact) mass is 241 g/mol. The van der Waals surface area contributed by atoms with Gasteiger partial charge < -0.3 is 5.21 Å². The molecule has 0 fully saturated rings. The first kappa shape index (κ1) is 12.7. The normalized spacial score (nSPS) is 12.8. The highest BCUT2D eigenvalue weighted by atomic mass is 32.2. The van der Waals surface area contributed by atoms with Gasteiger partial charge in [-0.05, 0) is 12.5 Å². The van der Waals surface area contributed by atoms with Gasteiger partial charge in [0.1, 0.15) is 5.71 Å². The molecule has 0 radical (unpaired) electrons. The molecule has 0 aliphatic carbocycles. The summed E-state index contributed by atoms with van der Waals surface area (Å²) in [7, 11) is -3.19. The minimum atomic E-state index is -3.19. The number of oxime groups is 1. The summed E-state index contributed by atoms with van der Waals surface area (Å²) in [6, 6.07) is 7.23. The van der Waals surface area contributed by atoms with Gasteiger partial charge in [0.25, 0.3) is 0 Å². The second-order valence-corrected chi connectivity index (χ2v) is 5.89. The van der Waals surface area contributed by atoms with E-state index >= 15 is 0 Å². The Kier molecular flexibility index (Phi) is 4.06. The average molecular weight is 241 g/mol. The van der Waals surface area contributed by atoms with E-state index in [0.29, 0.717) is 5.56 Å². The van der Waals surface area contributed by atoms with Gasteiger partial charge in [-0.25, -0.2) is 8.42 Å². The highest BCUT2D eigenvalue weighted by Gasteiger charge is 2.16. The van der Waals surface area contributed by atoms with Crippen molar-refractivity contribution in [3.8, 4) is 0 Å². The Bertz CT molecular complexity index is 492. The van der Waals surface area contributed by atoms with Crippen LogP contribution in [0.4, 0.5) is 0 Å². The molecule has 0 saturated carbocycles. The van der Waals surface area contributed by atoms with Crippen LogP contribution in [0.2, 0.25) is 0 Å². The Morgan fingerprint density at radius 3 is 2.50 bits per heavy atom. The van der Waals surface area contributed by atoms with E-state index in [-0.39, 0.29) is 17.2 Å². The van der Waals surface area contributed by atoms with Crippen molar-refractivity contribution in [3.63, 3.8) is 0 Å². The first-order valence-electron chi connectivity index (χ1n) is 4.97. The summed E-state index contributed by atoms with van der Waals surface area (Å²) < 4.78 is 22.9. The minimum absolute atomic E-state index is 0.0396. The van der Waals surface area contributed by atoms with Crippen molar-refractivity contribution in [1.29, 1.82) is 0 Å². The number of aryl methyl sites for hydroxylation is 1. The van der Waals surface area contributed by atoms with Gasteiger partial charge in [-0.15, -0.1) is 0 Å².